The third-order valence-electron chi connectivity index (χ3n) is 3.91. The molecular formula is C19H14F2N2O4. The number of hydrogen-bond acceptors (Lipinski definition) is 5. The highest BCUT2D eigenvalue weighted by Crippen LogP contribution is 2.12. The van der Waals surface area contributed by atoms with Crippen molar-refractivity contribution in [3.63, 3.8) is 0 Å². The van der Waals surface area contributed by atoms with Crippen LogP contribution >= 0.6 is 0 Å². The molecule has 3 aromatic rings. The van der Waals surface area contributed by atoms with Gasteiger partial charge in [0.1, 0.15) is 6.54 Å². The zero-order valence-electron chi connectivity index (χ0n) is 14.2. The number of nitrogens with zero attached hydrogens (tertiary/aromatic N) is 2. The molecule has 8 heteroatoms. The minimum Gasteiger partial charge on any atom is -0.453 e. The predicted molar refractivity (Wildman–Crippen MR) is 92.2 cm³/mol. The number of rotatable bonds is 5. The Balaban J connectivity index is 1.72. The van der Waals surface area contributed by atoms with E-state index in [1.807, 2.05) is 0 Å². The molecule has 0 unspecified atom stereocenters. The minimum absolute atomic E-state index is 0.126. The number of benzene rings is 2. The SMILES string of the molecule is C[C@@H](OC(=O)Cn1cnc2ccccc2c1=O)C(=O)c1ccc(F)c(F)c1. The summed E-state index contributed by atoms with van der Waals surface area (Å²) in [6.07, 6.45) is -0.0141. The third-order valence-corrected chi connectivity index (χ3v) is 3.91. The van der Waals surface area contributed by atoms with E-state index in [2.05, 4.69) is 4.98 Å². The Morgan fingerprint density at radius 1 is 1.15 bits per heavy atom. The number of ketones is 1. The van der Waals surface area contributed by atoms with Gasteiger partial charge in [-0.05, 0) is 37.3 Å². The second kappa shape index (κ2) is 7.45. The van der Waals surface area contributed by atoms with Gasteiger partial charge in [0.15, 0.2) is 17.7 Å². The molecule has 0 bridgehead atoms. The Morgan fingerprint density at radius 2 is 1.89 bits per heavy atom. The van der Waals surface area contributed by atoms with Crippen molar-refractivity contribution in [2.75, 3.05) is 0 Å². The molecule has 1 atom stereocenters. The van der Waals surface area contributed by atoms with E-state index in [9.17, 15) is 23.2 Å². The van der Waals surface area contributed by atoms with E-state index in [-0.39, 0.29) is 5.56 Å². The average molecular weight is 372 g/mol. The van der Waals surface area contributed by atoms with Gasteiger partial charge in [-0.25, -0.2) is 13.8 Å². The summed E-state index contributed by atoms with van der Waals surface area (Å²) in [4.78, 5) is 40.7. The Bertz CT molecular complexity index is 1090. The molecule has 27 heavy (non-hydrogen) atoms. The maximum absolute atomic E-state index is 13.2. The molecule has 0 N–H and O–H groups in total. The molecule has 0 fully saturated rings. The Labute approximate surface area is 152 Å². The highest BCUT2D eigenvalue weighted by molar-refractivity contribution is 6.00. The standard InChI is InChI=1S/C19H14F2N2O4/c1-11(18(25)12-6-7-14(20)15(21)8-12)27-17(24)9-23-10-22-16-5-3-2-4-13(16)19(23)26/h2-8,10-11H,9H2,1H3/t11-/m1/s1. The summed E-state index contributed by atoms with van der Waals surface area (Å²) >= 11 is 0. The zero-order chi connectivity index (χ0) is 19.6. The fourth-order valence-electron chi connectivity index (χ4n) is 2.53. The van der Waals surface area contributed by atoms with Crippen LogP contribution < -0.4 is 5.56 Å². The minimum atomic E-state index is -1.23. The van der Waals surface area contributed by atoms with E-state index in [1.165, 1.54) is 13.3 Å². The topological polar surface area (TPSA) is 78.3 Å². The van der Waals surface area contributed by atoms with Crippen LogP contribution in [0.2, 0.25) is 0 Å². The molecule has 0 aliphatic carbocycles. The number of carbonyl (C=O) groups excluding carboxylic acids is 2. The molecular weight excluding hydrogens is 358 g/mol. The van der Waals surface area contributed by atoms with Crippen LogP contribution in [0.5, 0.6) is 0 Å². The number of esters is 1. The second-order valence-corrected chi connectivity index (χ2v) is 5.82. The molecule has 0 aliphatic rings. The van der Waals surface area contributed by atoms with Crippen molar-refractivity contribution in [2.24, 2.45) is 0 Å². The van der Waals surface area contributed by atoms with Gasteiger partial charge in [-0.1, -0.05) is 12.1 Å². The van der Waals surface area contributed by atoms with Gasteiger partial charge in [-0.2, -0.15) is 0 Å². The van der Waals surface area contributed by atoms with Crippen LogP contribution in [0.1, 0.15) is 17.3 Å². The number of fused-ring (bicyclic) bond motifs is 1. The first-order valence-electron chi connectivity index (χ1n) is 7.99. The van der Waals surface area contributed by atoms with Crippen molar-refractivity contribution >= 4 is 22.7 Å². The summed E-state index contributed by atoms with van der Waals surface area (Å²) < 4.78 is 32.3. The number of aromatic nitrogens is 2. The van der Waals surface area contributed by atoms with Crippen LogP contribution in [0, 0.1) is 11.6 Å². The van der Waals surface area contributed by atoms with Gasteiger partial charge in [0.25, 0.3) is 5.56 Å². The molecule has 0 radical (unpaired) electrons. The quantitative estimate of drug-likeness (QED) is 0.508. The lowest BCUT2D eigenvalue weighted by molar-refractivity contribution is -0.147. The first-order valence-corrected chi connectivity index (χ1v) is 7.99. The normalized spacial score (nSPS) is 12.0. The first kappa shape index (κ1) is 18.4. The molecule has 1 heterocycles. The fraction of sp³-hybridized carbons (Fsp3) is 0.158. The van der Waals surface area contributed by atoms with Gasteiger partial charge in [-0.15, -0.1) is 0 Å². The number of carbonyl (C=O) groups is 2. The summed E-state index contributed by atoms with van der Waals surface area (Å²) in [5.74, 6) is -3.78. The Kier molecular flexibility index (Phi) is 5.07. The maximum Gasteiger partial charge on any atom is 0.326 e. The summed E-state index contributed by atoms with van der Waals surface area (Å²) in [6, 6.07) is 9.32. The van der Waals surface area contributed by atoms with Crippen LogP contribution in [-0.2, 0) is 16.1 Å². The van der Waals surface area contributed by atoms with Crippen molar-refractivity contribution in [1.82, 2.24) is 9.55 Å². The van der Waals surface area contributed by atoms with Gasteiger partial charge in [0.2, 0.25) is 5.78 Å². The van der Waals surface area contributed by atoms with Crippen LogP contribution in [0.15, 0.2) is 53.6 Å². The summed E-state index contributed by atoms with van der Waals surface area (Å²) in [7, 11) is 0. The van der Waals surface area contributed by atoms with Crippen molar-refractivity contribution in [1.29, 1.82) is 0 Å². The largest absolute Gasteiger partial charge is 0.453 e. The van der Waals surface area contributed by atoms with Gasteiger partial charge < -0.3 is 4.74 Å². The molecule has 6 nitrogen and oxygen atoms in total. The highest BCUT2D eigenvalue weighted by Gasteiger charge is 2.21. The fourth-order valence-corrected chi connectivity index (χ4v) is 2.53. The van der Waals surface area contributed by atoms with E-state index in [0.717, 1.165) is 22.8 Å². The van der Waals surface area contributed by atoms with Gasteiger partial charge >= 0.3 is 5.97 Å². The van der Waals surface area contributed by atoms with Crippen molar-refractivity contribution in [3.8, 4) is 0 Å². The molecule has 0 saturated heterocycles. The Morgan fingerprint density at radius 3 is 2.63 bits per heavy atom. The van der Waals surface area contributed by atoms with E-state index in [1.54, 1.807) is 24.3 Å². The third kappa shape index (κ3) is 3.89. The van der Waals surface area contributed by atoms with Gasteiger partial charge in [0.05, 0.1) is 17.2 Å². The smallest absolute Gasteiger partial charge is 0.326 e. The summed E-state index contributed by atoms with van der Waals surface area (Å²) in [5, 5.41) is 0.346. The number of ether oxygens (including phenoxy) is 1. The number of Topliss-reactive ketones (excluding diaryl/α,β-unsaturated/α-hetero) is 1. The molecule has 1 aromatic heterocycles. The number of halogens is 2. The predicted octanol–water partition coefficient (Wildman–Crippen LogP) is 2.49. The first-order chi connectivity index (χ1) is 12.9. The average Bonchev–Trinajstić information content (AvgIpc) is 2.65. The van der Waals surface area contributed by atoms with Gasteiger partial charge in [0, 0.05) is 5.56 Å². The van der Waals surface area contributed by atoms with Crippen molar-refractivity contribution in [3.05, 3.63) is 76.3 Å². The van der Waals surface area contributed by atoms with Crippen LogP contribution in [0.3, 0.4) is 0 Å². The Hall–Kier alpha value is -3.42. The maximum atomic E-state index is 13.2. The molecule has 2 aromatic carbocycles. The highest BCUT2D eigenvalue weighted by atomic mass is 19.2. The lowest BCUT2D eigenvalue weighted by atomic mass is 10.1. The van der Waals surface area contributed by atoms with E-state index >= 15 is 0 Å². The number of para-hydroxylation sites is 1. The molecule has 0 spiro atoms. The lowest BCUT2D eigenvalue weighted by Gasteiger charge is -2.13. The van der Waals surface area contributed by atoms with Gasteiger partial charge in [-0.3, -0.25) is 19.0 Å². The number of hydrogen-bond donors (Lipinski definition) is 0. The molecule has 0 aliphatic heterocycles. The zero-order valence-corrected chi connectivity index (χ0v) is 14.2. The van der Waals surface area contributed by atoms with Crippen molar-refractivity contribution < 1.29 is 23.1 Å². The summed E-state index contributed by atoms with van der Waals surface area (Å²) in [6.45, 7) is 0.870. The van der Waals surface area contributed by atoms with Crippen LogP contribution in [-0.4, -0.2) is 27.4 Å². The molecule has 0 saturated carbocycles. The lowest BCUT2D eigenvalue weighted by Crippen LogP contribution is -2.30. The summed E-state index contributed by atoms with van der Waals surface area (Å²) in [5.41, 5.74) is -0.0510. The van der Waals surface area contributed by atoms with E-state index < -0.39 is 41.6 Å². The van der Waals surface area contributed by atoms with Crippen LogP contribution in [0.25, 0.3) is 10.9 Å². The van der Waals surface area contributed by atoms with Crippen molar-refractivity contribution in [2.45, 2.75) is 19.6 Å². The molecule has 3 rings (SSSR count). The monoisotopic (exact) mass is 372 g/mol. The molecule has 138 valence electrons. The van der Waals surface area contributed by atoms with E-state index in [4.69, 9.17) is 4.74 Å². The van der Waals surface area contributed by atoms with Crippen LogP contribution in [0.4, 0.5) is 8.78 Å². The molecule has 0 amide bonds. The second-order valence-electron chi connectivity index (χ2n) is 5.82. The van der Waals surface area contributed by atoms with E-state index in [0.29, 0.717) is 10.9 Å².